The summed E-state index contributed by atoms with van der Waals surface area (Å²) in [5.41, 5.74) is 0.996. The molecule has 2 rings (SSSR count). The van der Waals surface area contributed by atoms with E-state index < -0.39 is 17.8 Å². The molecule has 0 aromatic heterocycles. The van der Waals surface area contributed by atoms with Crippen LogP contribution in [0.25, 0.3) is 0 Å². The monoisotopic (exact) mass is 416 g/mol. The zero-order valence-corrected chi connectivity index (χ0v) is 14.5. The van der Waals surface area contributed by atoms with Gasteiger partial charge in [-0.2, -0.15) is 0 Å². The highest BCUT2D eigenvalue weighted by atomic mass is 127. The number of fused-ring (bicyclic) bond motifs is 1. The molecule has 1 atom stereocenters. The molecule has 0 saturated carbocycles. The van der Waals surface area contributed by atoms with Crippen LogP contribution >= 0.6 is 22.6 Å². The summed E-state index contributed by atoms with van der Waals surface area (Å²) in [5, 5.41) is 14.9. The van der Waals surface area contributed by atoms with Crippen LogP contribution in [0.15, 0.2) is 22.1 Å². The number of amides is 2. The van der Waals surface area contributed by atoms with E-state index in [1.165, 1.54) is 0 Å². The van der Waals surface area contributed by atoms with Gasteiger partial charge in [0.2, 0.25) is 0 Å². The van der Waals surface area contributed by atoms with Crippen molar-refractivity contribution < 1.29 is 14.7 Å². The van der Waals surface area contributed by atoms with E-state index in [0.29, 0.717) is 17.3 Å². The molecule has 0 radical (unpaired) electrons. The van der Waals surface area contributed by atoms with E-state index in [9.17, 15) is 9.59 Å². The van der Waals surface area contributed by atoms with Crippen molar-refractivity contribution in [1.29, 1.82) is 0 Å². The van der Waals surface area contributed by atoms with E-state index >= 15 is 0 Å². The third-order valence-electron chi connectivity index (χ3n) is 3.26. The predicted molar refractivity (Wildman–Crippen MR) is 88.0 cm³/mol. The third kappa shape index (κ3) is 3.21. The van der Waals surface area contributed by atoms with Crippen LogP contribution in [0, 0.1) is 10.5 Å². The van der Waals surface area contributed by atoms with Gasteiger partial charge in [0.25, 0.3) is 5.91 Å². The van der Waals surface area contributed by atoms with Crippen LogP contribution in [0.4, 0.5) is 4.79 Å². The molecular formula is C14H17IN4O3. The fourth-order valence-corrected chi connectivity index (χ4v) is 2.65. The number of nitrogens with one attached hydrogen (secondary N) is 2. The molecule has 22 heavy (non-hydrogen) atoms. The summed E-state index contributed by atoms with van der Waals surface area (Å²) >= 11 is 2.12. The number of hydrogen-bond donors (Lipinski definition) is 3. The Morgan fingerprint density at radius 3 is 2.73 bits per heavy atom. The first kappa shape index (κ1) is 16.7. The lowest BCUT2D eigenvalue weighted by molar-refractivity contribution is -0.127. The van der Waals surface area contributed by atoms with Crippen LogP contribution in [0.1, 0.15) is 25.3 Å². The maximum Gasteiger partial charge on any atom is 0.408 e. The number of halogens is 1. The van der Waals surface area contributed by atoms with E-state index in [1.807, 2.05) is 19.9 Å². The van der Waals surface area contributed by atoms with Crippen LogP contribution in [-0.4, -0.2) is 29.4 Å². The van der Waals surface area contributed by atoms with Crippen LogP contribution in [0.3, 0.4) is 0 Å². The Morgan fingerprint density at radius 2 is 2.09 bits per heavy atom. The van der Waals surface area contributed by atoms with E-state index in [2.05, 4.69) is 43.2 Å². The number of carboxylic acid groups (broad SMARTS) is 1. The Balaban J connectivity index is 2.45. The summed E-state index contributed by atoms with van der Waals surface area (Å²) in [6.07, 6.45) is 0.377. The average molecular weight is 416 g/mol. The molecule has 8 heteroatoms. The molecule has 7 nitrogen and oxygen atoms in total. The molecule has 0 bridgehead atoms. The minimum absolute atomic E-state index is 0.454. The average Bonchev–Trinajstić information content (AvgIpc) is 2.83. The van der Waals surface area contributed by atoms with Gasteiger partial charge in [-0.3, -0.25) is 10.1 Å². The summed E-state index contributed by atoms with van der Waals surface area (Å²) in [5.74, 6) is -2.40. The Hall–Kier alpha value is -1.71. The summed E-state index contributed by atoms with van der Waals surface area (Å²) in [6.45, 7) is 4.38. The Kier molecular flexibility index (Phi) is 4.99. The van der Waals surface area contributed by atoms with Gasteiger partial charge in [0, 0.05) is 10.1 Å². The van der Waals surface area contributed by atoms with E-state index in [-0.39, 0.29) is 0 Å². The lowest BCUT2D eigenvalue weighted by Gasteiger charge is -2.21. The van der Waals surface area contributed by atoms with Gasteiger partial charge in [0.05, 0.1) is 5.36 Å². The Labute approximate surface area is 141 Å². The lowest BCUT2D eigenvalue weighted by atomic mass is 10.2. The Morgan fingerprint density at radius 1 is 1.36 bits per heavy atom. The molecule has 118 valence electrons. The van der Waals surface area contributed by atoms with E-state index in [4.69, 9.17) is 5.11 Å². The lowest BCUT2D eigenvalue weighted by Crippen LogP contribution is -2.56. The summed E-state index contributed by atoms with van der Waals surface area (Å²) in [7, 11) is 0. The number of benzene rings is 1. The van der Waals surface area contributed by atoms with Crippen molar-refractivity contribution in [2.75, 3.05) is 6.54 Å². The molecule has 1 unspecified atom stereocenters. The summed E-state index contributed by atoms with van der Waals surface area (Å²) in [4.78, 5) is 32.0. The van der Waals surface area contributed by atoms with Crippen molar-refractivity contribution >= 4 is 34.6 Å². The van der Waals surface area contributed by atoms with Crippen molar-refractivity contribution in [3.8, 4) is 0 Å². The molecule has 1 aliphatic rings. The predicted octanol–water partition coefficient (Wildman–Crippen LogP) is 0.690. The number of unbranched alkanes of at least 4 members (excludes halogenated alkanes) is 1. The number of carbonyl (C=O) groups is 2. The standard InChI is InChI=1S/C14H17IN4O3/c1-3-4-7-16-12(20)14(19-13(21)22)17-9-6-5-8(2)10(15)11(9)18-14/h5-6,19H,3-4,7H2,1-2H3,(H,16,20)(H,21,22). The SMILES string of the molecule is CCCCNC(=O)C1(NC(=O)O)N=c2ccc(C)c(I)c2=N1. The highest BCUT2D eigenvalue weighted by molar-refractivity contribution is 14.1. The van der Waals surface area contributed by atoms with Crippen molar-refractivity contribution in [3.05, 3.63) is 32.0 Å². The second-order valence-electron chi connectivity index (χ2n) is 5.00. The molecular weight excluding hydrogens is 399 g/mol. The van der Waals surface area contributed by atoms with Gasteiger partial charge in [0.1, 0.15) is 5.36 Å². The number of carbonyl (C=O) groups excluding carboxylic acids is 1. The molecule has 3 N–H and O–H groups in total. The zero-order chi connectivity index (χ0) is 16.3. The fourth-order valence-electron chi connectivity index (χ4n) is 2.08. The van der Waals surface area contributed by atoms with Gasteiger partial charge in [-0.15, -0.1) is 0 Å². The summed E-state index contributed by atoms with van der Waals surface area (Å²) < 4.78 is 0.856. The molecule has 0 fully saturated rings. The molecule has 0 saturated heterocycles. The highest BCUT2D eigenvalue weighted by Crippen LogP contribution is 2.13. The number of nitrogens with zero attached hydrogens (tertiary/aromatic N) is 2. The van der Waals surface area contributed by atoms with Gasteiger partial charge in [0.15, 0.2) is 0 Å². The molecule has 1 aromatic rings. The van der Waals surface area contributed by atoms with Crippen molar-refractivity contribution in [1.82, 2.24) is 10.6 Å². The molecule has 1 aromatic carbocycles. The quantitative estimate of drug-likeness (QED) is 0.486. The minimum atomic E-state index is -1.84. The molecule has 1 aliphatic heterocycles. The van der Waals surface area contributed by atoms with E-state index in [0.717, 1.165) is 22.0 Å². The molecule has 0 spiro atoms. The zero-order valence-electron chi connectivity index (χ0n) is 12.3. The highest BCUT2D eigenvalue weighted by Gasteiger charge is 2.42. The largest absolute Gasteiger partial charge is 0.465 e. The third-order valence-corrected chi connectivity index (χ3v) is 4.62. The second-order valence-corrected chi connectivity index (χ2v) is 6.08. The maximum atomic E-state index is 12.4. The Bertz CT molecular complexity index is 734. The van der Waals surface area contributed by atoms with Crippen LogP contribution in [0.2, 0.25) is 0 Å². The van der Waals surface area contributed by atoms with Gasteiger partial charge in [-0.1, -0.05) is 19.4 Å². The molecule has 1 heterocycles. The number of rotatable bonds is 5. The molecule has 2 amide bonds. The number of hydrogen-bond acceptors (Lipinski definition) is 4. The molecule has 0 aliphatic carbocycles. The van der Waals surface area contributed by atoms with Gasteiger partial charge in [-0.25, -0.2) is 14.8 Å². The minimum Gasteiger partial charge on any atom is -0.465 e. The van der Waals surface area contributed by atoms with Crippen molar-refractivity contribution in [2.45, 2.75) is 32.5 Å². The van der Waals surface area contributed by atoms with Crippen LogP contribution < -0.4 is 21.3 Å². The van der Waals surface area contributed by atoms with Crippen LogP contribution in [0.5, 0.6) is 0 Å². The van der Waals surface area contributed by atoms with Crippen molar-refractivity contribution in [3.63, 3.8) is 0 Å². The van der Waals surface area contributed by atoms with Gasteiger partial charge < -0.3 is 10.4 Å². The summed E-state index contributed by atoms with van der Waals surface area (Å²) in [6, 6.07) is 3.60. The van der Waals surface area contributed by atoms with Crippen molar-refractivity contribution in [2.24, 2.45) is 9.98 Å². The second kappa shape index (κ2) is 6.59. The number of aryl methyl sites for hydroxylation is 1. The fraction of sp³-hybridized carbons (Fsp3) is 0.429. The smallest absolute Gasteiger partial charge is 0.408 e. The first-order valence-corrected chi connectivity index (χ1v) is 8.02. The van der Waals surface area contributed by atoms with E-state index in [1.54, 1.807) is 6.07 Å². The van der Waals surface area contributed by atoms with Gasteiger partial charge >= 0.3 is 11.9 Å². The normalized spacial score (nSPS) is 18.9. The van der Waals surface area contributed by atoms with Crippen LogP contribution in [-0.2, 0) is 4.79 Å². The first-order valence-electron chi connectivity index (χ1n) is 6.94. The topological polar surface area (TPSA) is 103 Å². The van der Waals surface area contributed by atoms with Gasteiger partial charge in [-0.05, 0) is 47.6 Å². The maximum absolute atomic E-state index is 12.4. The first-order chi connectivity index (χ1) is 10.4.